The summed E-state index contributed by atoms with van der Waals surface area (Å²) >= 11 is 3.13. The van der Waals surface area contributed by atoms with Crippen LogP contribution < -0.4 is 5.32 Å². The van der Waals surface area contributed by atoms with E-state index in [0.29, 0.717) is 10.0 Å². The summed E-state index contributed by atoms with van der Waals surface area (Å²) in [6.45, 7) is 0.257. The molecule has 0 saturated heterocycles. The zero-order chi connectivity index (χ0) is 13.8. The molecule has 1 heterocycles. The molecule has 7 heteroatoms. The molecule has 0 radical (unpaired) electrons. The quantitative estimate of drug-likeness (QED) is 0.690. The molecular weight excluding hydrogens is 317 g/mol. The number of nitrogens with one attached hydrogen (secondary N) is 1. The summed E-state index contributed by atoms with van der Waals surface area (Å²) < 4.78 is 13.5. The fraction of sp³-hybridized carbons (Fsp3) is 0.0833. The Morgan fingerprint density at radius 2 is 2.21 bits per heavy atom. The molecule has 0 bridgehead atoms. The van der Waals surface area contributed by atoms with E-state index in [1.807, 2.05) is 0 Å². The molecule has 0 saturated carbocycles. The lowest BCUT2D eigenvalue weighted by Gasteiger charge is -2.06. The normalized spacial score (nSPS) is 10.2. The summed E-state index contributed by atoms with van der Waals surface area (Å²) in [5, 5.41) is 13.7. The average molecular weight is 326 g/mol. The maximum atomic E-state index is 13.0. The van der Waals surface area contributed by atoms with Crippen LogP contribution in [0.2, 0.25) is 0 Å². The summed E-state index contributed by atoms with van der Waals surface area (Å²) in [4.78, 5) is 14.3. The van der Waals surface area contributed by atoms with Gasteiger partial charge in [-0.25, -0.2) is 9.37 Å². The molecule has 19 heavy (non-hydrogen) atoms. The molecule has 0 fully saturated rings. The van der Waals surface area contributed by atoms with Crippen LogP contribution in [0, 0.1) is 15.9 Å². The highest BCUT2D eigenvalue weighted by Crippen LogP contribution is 2.25. The van der Waals surface area contributed by atoms with Gasteiger partial charge in [-0.1, -0.05) is 12.1 Å². The second-order valence-electron chi connectivity index (χ2n) is 3.76. The monoisotopic (exact) mass is 325 g/mol. The number of rotatable bonds is 4. The van der Waals surface area contributed by atoms with Gasteiger partial charge in [0.1, 0.15) is 5.82 Å². The second-order valence-corrected chi connectivity index (χ2v) is 4.68. The molecule has 1 aromatic carbocycles. The maximum absolute atomic E-state index is 13.0. The molecule has 0 unspecified atom stereocenters. The van der Waals surface area contributed by atoms with E-state index >= 15 is 0 Å². The van der Waals surface area contributed by atoms with Gasteiger partial charge in [-0.2, -0.15) is 0 Å². The first-order valence-electron chi connectivity index (χ1n) is 5.34. The average Bonchev–Trinajstić information content (AvgIpc) is 2.37. The molecule has 0 aliphatic carbocycles. The van der Waals surface area contributed by atoms with Crippen molar-refractivity contribution in [1.82, 2.24) is 4.98 Å². The number of benzene rings is 1. The van der Waals surface area contributed by atoms with Gasteiger partial charge in [0.25, 0.3) is 0 Å². The number of nitro groups is 1. The Labute approximate surface area is 116 Å². The lowest BCUT2D eigenvalue weighted by Crippen LogP contribution is -2.04. The minimum atomic E-state index is -0.522. The number of nitrogens with zero attached hydrogens (tertiary/aromatic N) is 2. The SMILES string of the molecule is O=[N+]([O-])c1cc(Br)cnc1NCc1cccc(F)c1. The first-order chi connectivity index (χ1) is 9.06. The molecule has 1 aromatic heterocycles. The fourth-order valence-corrected chi connectivity index (χ4v) is 1.86. The largest absolute Gasteiger partial charge is 0.360 e. The Morgan fingerprint density at radius 1 is 1.42 bits per heavy atom. The summed E-state index contributed by atoms with van der Waals surface area (Å²) in [5.74, 6) is -0.199. The maximum Gasteiger partial charge on any atom is 0.312 e. The zero-order valence-electron chi connectivity index (χ0n) is 9.64. The van der Waals surface area contributed by atoms with E-state index in [0.717, 1.165) is 0 Å². The molecular formula is C12H9BrFN3O2. The van der Waals surface area contributed by atoms with Crippen molar-refractivity contribution in [3.05, 3.63) is 62.5 Å². The highest BCUT2D eigenvalue weighted by atomic mass is 79.9. The van der Waals surface area contributed by atoms with Crippen molar-refractivity contribution in [3.8, 4) is 0 Å². The topological polar surface area (TPSA) is 68.1 Å². The van der Waals surface area contributed by atoms with Gasteiger partial charge in [0, 0.05) is 23.3 Å². The van der Waals surface area contributed by atoms with Crippen molar-refractivity contribution in [2.24, 2.45) is 0 Å². The van der Waals surface area contributed by atoms with E-state index < -0.39 is 4.92 Å². The number of anilines is 1. The Hall–Kier alpha value is -2.02. The Balaban J connectivity index is 2.17. The number of pyridine rings is 1. The smallest absolute Gasteiger partial charge is 0.312 e. The lowest BCUT2D eigenvalue weighted by atomic mass is 10.2. The molecule has 1 N–H and O–H groups in total. The van der Waals surface area contributed by atoms with E-state index in [-0.39, 0.29) is 23.9 Å². The van der Waals surface area contributed by atoms with Crippen molar-refractivity contribution in [1.29, 1.82) is 0 Å². The molecule has 0 atom stereocenters. The van der Waals surface area contributed by atoms with Gasteiger partial charge in [0.15, 0.2) is 0 Å². The first kappa shape index (κ1) is 13.4. The number of aromatic nitrogens is 1. The molecule has 2 aromatic rings. The predicted octanol–water partition coefficient (Wildman–Crippen LogP) is 3.50. The van der Waals surface area contributed by atoms with E-state index in [2.05, 4.69) is 26.2 Å². The molecule has 0 aliphatic heterocycles. The summed E-state index contributed by atoms with van der Waals surface area (Å²) in [7, 11) is 0. The second kappa shape index (κ2) is 5.75. The van der Waals surface area contributed by atoms with Crippen molar-refractivity contribution in [2.75, 3.05) is 5.32 Å². The van der Waals surface area contributed by atoms with Crippen LogP contribution in [0.15, 0.2) is 41.0 Å². The van der Waals surface area contributed by atoms with Crippen LogP contribution >= 0.6 is 15.9 Å². The Kier molecular flexibility index (Phi) is 4.06. The van der Waals surface area contributed by atoms with Gasteiger partial charge in [-0.3, -0.25) is 10.1 Å². The Morgan fingerprint density at radius 3 is 2.89 bits per heavy atom. The van der Waals surface area contributed by atoms with Crippen molar-refractivity contribution in [3.63, 3.8) is 0 Å². The van der Waals surface area contributed by atoms with Gasteiger partial charge in [0.05, 0.1) is 4.92 Å². The van der Waals surface area contributed by atoms with Gasteiger partial charge in [-0.15, -0.1) is 0 Å². The van der Waals surface area contributed by atoms with Crippen LogP contribution in [-0.2, 0) is 6.54 Å². The molecule has 5 nitrogen and oxygen atoms in total. The van der Waals surface area contributed by atoms with Crippen LogP contribution in [0.25, 0.3) is 0 Å². The lowest BCUT2D eigenvalue weighted by molar-refractivity contribution is -0.384. The molecule has 0 aliphatic rings. The summed E-state index contributed by atoms with van der Waals surface area (Å²) in [5.41, 5.74) is 0.546. The third-order valence-electron chi connectivity index (χ3n) is 2.38. The van der Waals surface area contributed by atoms with Crippen LogP contribution in [0.3, 0.4) is 0 Å². The third-order valence-corrected chi connectivity index (χ3v) is 2.81. The van der Waals surface area contributed by atoms with Gasteiger partial charge < -0.3 is 5.32 Å². The highest BCUT2D eigenvalue weighted by Gasteiger charge is 2.15. The van der Waals surface area contributed by atoms with E-state index in [1.165, 1.54) is 24.4 Å². The zero-order valence-corrected chi connectivity index (χ0v) is 11.2. The highest BCUT2D eigenvalue weighted by molar-refractivity contribution is 9.10. The van der Waals surface area contributed by atoms with Crippen LogP contribution in [-0.4, -0.2) is 9.91 Å². The van der Waals surface area contributed by atoms with Gasteiger partial charge in [-0.05, 0) is 33.6 Å². The van der Waals surface area contributed by atoms with E-state index in [1.54, 1.807) is 12.1 Å². The molecule has 0 amide bonds. The van der Waals surface area contributed by atoms with Crippen molar-refractivity contribution >= 4 is 27.4 Å². The third kappa shape index (κ3) is 3.47. The number of hydrogen-bond acceptors (Lipinski definition) is 4. The van der Waals surface area contributed by atoms with Crippen molar-refractivity contribution < 1.29 is 9.31 Å². The molecule has 2 rings (SSSR count). The Bertz CT molecular complexity index is 622. The minimum Gasteiger partial charge on any atom is -0.360 e. The minimum absolute atomic E-state index is 0.134. The molecule has 0 spiro atoms. The standard InChI is InChI=1S/C12H9BrFN3O2/c13-9-5-11(17(18)19)12(16-7-9)15-6-8-2-1-3-10(14)4-8/h1-5,7H,6H2,(H,15,16). The van der Waals surface area contributed by atoms with E-state index in [9.17, 15) is 14.5 Å². The summed E-state index contributed by atoms with van der Waals surface area (Å²) in [6.07, 6.45) is 1.46. The number of hydrogen-bond donors (Lipinski definition) is 1. The van der Waals surface area contributed by atoms with Crippen LogP contribution in [0.4, 0.5) is 15.9 Å². The molecule has 98 valence electrons. The van der Waals surface area contributed by atoms with Crippen LogP contribution in [0.5, 0.6) is 0 Å². The number of halogens is 2. The summed E-state index contributed by atoms with van der Waals surface area (Å²) in [6, 6.07) is 7.36. The first-order valence-corrected chi connectivity index (χ1v) is 6.14. The van der Waals surface area contributed by atoms with Crippen LogP contribution in [0.1, 0.15) is 5.56 Å². The van der Waals surface area contributed by atoms with Gasteiger partial charge >= 0.3 is 5.69 Å². The predicted molar refractivity (Wildman–Crippen MR) is 72.3 cm³/mol. The van der Waals surface area contributed by atoms with E-state index in [4.69, 9.17) is 0 Å². The van der Waals surface area contributed by atoms with Gasteiger partial charge in [0.2, 0.25) is 5.82 Å². The van der Waals surface area contributed by atoms with Crippen molar-refractivity contribution in [2.45, 2.75) is 6.54 Å². The fourth-order valence-electron chi connectivity index (χ4n) is 1.54.